The number of benzene rings is 1. The van der Waals surface area contributed by atoms with Crippen LogP contribution in [-0.4, -0.2) is 29.8 Å². The third-order valence-corrected chi connectivity index (χ3v) is 3.33. The van der Waals surface area contributed by atoms with E-state index in [2.05, 4.69) is 5.32 Å². The molecule has 1 aliphatic rings. The molecule has 1 aromatic rings. The van der Waals surface area contributed by atoms with Gasteiger partial charge in [-0.05, 0) is 12.6 Å². The van der Waals surface area contributed by atoms with Crippen LogP contribution in [0.25, 0.3) is 0 Å². The Morgan fingerprint density at radius 1 is 1.25 bits per heavy atom. The third kappa shape index (κ3) is 2.85. The van der Waals surface area contributed by atoms with Crippen molar-refractivity contribution >= 4 is 11.8 Å². The van der Waals surface area contributed by atoms with Crippen molar-refractivity contribution < 1.29 is 18.4 Å². The minimum absolute atomic E-state index is 0.0197. The van der Waals surface area contributed by atoms with Crippen LogP contribution in [-0.2, 0) is 9.59 Å². The second kappa shape index (κ2) is 6.09. The van der Waals surface area contributed by atoms with Crippen molar-refractivity contribution in [1.29, 1.82) is 0 Å². The highest BCUT2D eigenvalue weighted by molar-refractivity contribution is 6.01. The van der Waals surface area contributed by atoms with E-state index in [1.165, 1.54) is 12.1 Å². The fourth-order valence-corrected chi connectivity index (χ4v) is 2.32. The molecule has 0 radical (unpaired) electrons. The Kier molecular flexibility index (Phi) is 4.44. The van der Waals surface area contributed by atoms with E-state index < -0.39 is 17.7 Å². The summed E-state index contributed by atoms with van der Waals surface area (Å²) in [5, 5.41) is 2.98. The van der Waals surface area contributed by atoms with Crippen LogP contribution in [0.15, 0.2) is 18.2 Å². The Morgan fingerprint density at radius 3 is 2.50 bits per heavy atom. The first-order valence-corrected chi connectivity index (χ1v) is 6.55. The molecule has 108 valence electrons. The number of likely N-dealkylation sites (N-methyl/N-ethyl adjacent to an activating group) is 1. The summed E-state index contributed by atoms with van der Waals surface area (Å²) in [7, 11) is 0. The lowest BCUT2D eigenvalue weighted by molar-refractivity contribution is -0.138. The van der Waals surface area contributed by atoms with Crippen LogP contribution in [0.4, 0.5) is 8.78 Å². The van der Waals surface area contributed by atoms with Crippen molar-refractivity contribution in [3.05, 3.63) is 35.4 Å². The lowest BCUT2D eigenvalue weighted by Gasteiger charge is -2.24. The molecule has 1 aliphatic heterocycles. The van der Waals surface area contributed by atoms with Gasteiger partial charge in [-0.3, -0.25) is 14.5 Å². The summed E-state index contributed by atoms with van der Waals surface area (Å²) in [6, 6.07) is 3.29. The Hall–Kier alpha value is -1.82. The van der Waals surface area contributed by atoms with Gasteiger partial charge in [0.25, 0.3) is 0 Å². The number of carbonyl (C=O) groups is 2. The molecule has 2 amide bonds. The zero-order chi connectivity index (χ0) is 14.7. The van der Waals surface area contributed by atoms with E-state index in [0.29, 0.717) is 6.54 Å². The summed E-state index contributed by atoms with van der Waals surface area (Å²) >= 11 is 0. The van der Waals surface area contributed by atoms with Gasteiger partial charge in [-0.25, -0.2) is 8.78 Å². The van der Waals surface area contributed by atoms with E-state index in [1.54, 1.807) is 0 Å². The van der Waals surface area contributed by atoms with E-state index in [0.717, 1.165) is 11.0 Å². The number of hydrogen-bond acceptors (Lipinski definition) is 3. The lowest BCUT2D eigenvalue weighted by Crippen LogP contribution is -2.38. The predicted molar refractivity (Wildman–Crippen MR) is 68.7 cm³/mol. The molecule has 20 heavy (non-hydrogen) atoms. The van der Waals surface area contributed by atoms with E-state index in [-0.39, 0.29) is 36.8 Å². The normalized spacial score (nSPS) is 16.9. The van der Waals surface area contributed by atoms with Crippen molar-refractivity contribution in [1.82, 2.24) is 10.2 Å². The van der Waals surface area contributed by atoms with Crippen molar-refractivity contribution in [3.63, 3.8) is 0 Å². The number of nitrogens with one attached hydrogen (secondary N) is 1. The van der Waals surface area contributed by atoms with E-state index in [4.69, 9.17) is 0 Å². The highest BCUT2D eigenvalue weighted by atomic mass is 19.2. The number of rotatable bonds is 5. The molecular weight excluding hydrogens is 266 g/mol. The second-order valence-corrected chi connectivity index (χ2v) is 4.65. The van der Waals surface area contributed by atoms with Crippen LogP contribution < -0.4 is 5.32 Å². The summed E-state index contributed by atoms with van der Waals surface area (Å²) in [6.45, 7) is 2.35. The van der Waals surface area contributed by atoms with Gasteiger partial charge >= 0.3 is 0 Å². The van der Waals surface area contributed by atoms with Crippen LogP contribution >= 0.6 is 0 Å². The summed E-state index contributed by atoms with van der Waals surface area (Å²) in [6.07, 6.45) is 0.368. The van der Waals surface area contributed by atoms with Crippen LogP contribution in [0, 0.1) is 11.6 Å². The summed E-state index contributed by atoms with van der Waals surface area (Å²) in [4.78, 5) is 24.3. The SMILES string of the molecule is CCNC(CN1C(=O)CCC1=O)c1cccc(F)c1F. The Bertz CT molecular complexity index is 518. The smallest absolute Gasteiger partial charge is 0.229 e. The Balaban J connectivity index is 2.25. The number of carbonyl (C=O) groups excluding carboxylic acids is 2. The first-order chi connectivity index (χ1) is 9.54. The van der Waals surface area contributed by atoms with Crippen LogP contribution in [0.3, 0.4) is 0 Å². The maximum atomic E-state index is 13.8. The number of hydrogen-bond donors (Lipinski definition) is 1. The van der Waals surface area contributed by atoms with Gasteiger partial charge in [-0.1, -0.05) is 19.1 Å². The molecule has 0 aliphatic carbocycles. The van der Waals surface area contributed by atoms with Crippen molar-refractivity contribution in [2.24, 2.45) is 0 Å². The van der Waals surface area contributed by atoms with E-state index in [9.17, 15) is 18.4 Å². The molecule has 1 aromatic carbocycles. The topological polar surface area (TPSA) is 49.4 Å². The molecular formula is C14H16F2N2O2. The van der Waals surface area contributed by atoms with Crippen LogP contribution in [0.2, 0.25) is 0 Å². The molecule has 1 atom stereocenters. The number of amides is 2. The van der Waals surface area contributed by atoms with Gasteiger partial charge in [0.1, 0.15) is 0 Å². The molecule has 1 fully saturated rings. The minimum atomic E-state index is -0.947. The van der Waals surface area contributed by atoms with Gasteiger partial charge < -0.3 is 5.32 Å². The van der Waals surface area contributed by atoms with Crippen LogP contribution in [0.5, 0.6) is 0 Å². The van der Waals surface area contributed by atoms with E-state index >= 15 is 0 Å². The maximum Gasteiger partial charge on any atom is 0.229 e. The zero-order valence-electron chi connectivity index (χ0n) is 11.2. The average Bonchev–Trinajstić information content (AvgIpc) is 2.73. The van der Waals surface area contributed by atoms with Crippen molar-refractivity contribution in [2.75, 3.05) is 13.1 Å². The molecule has 1 saturated heterocycles. The molecule has 0 saturated carbocycles. The fraction of sp³-hybridized carbons (Fsp3) is 0.429. The van der Waals surface area contributed by atoms with Gasteiger partial charge in [0.15, 0.2) is 11.6 Å². The summed E-state index contributed by atoms with van der Waals surface area (Å²) in [5.74, 6) is -2.42. The predicted octanol–water partition coefficient (Wildman–Crippen LogP) is 1.76. The Morgan fingerprint density at radius 2 is 1.90 bits per heavy atom. The first-order valence-electron chi connectivity index (χ1n) is 6.55. The monoisotopic (exact) mass is 282 g/mol. The summed E-state index contributed by atoms with van der Waals surface area (Å²) in [5.41, 5.74) is 0.124. The zero-order valence-corrected chi connectivity index (χ0v) is 11.2. The third-order valence-electron chi connectivity index (χ3n) is 3.33. The number of imide groups is 1. The number of likely N-dealkylation sites (tertiary alicyclic amines) is 1. The number of nitrogens with zero attached hydrogens (tertiary/aromatic N) is 1. The molecule has 4 nitrogen and oxygen atoms in total. The minimum Gasteiger partial charge on any atom is -0.309 e. The van der Waals surface area contributed by atoms with Gasteiger partial charge in [-0.15, -0.1) is 0 Å². The first kappa shape index (κ1) is 14.6. The fourth-order valence-electron chi connectivity index (χ4n) is 2.32. The lowest BCUT2D eigenvalue weighted by atomic mass is 10.1. The average molecular weight is 282 g/mol. The molecule has 1 heterocycles. The molecule has 6 heteroatoms. The molecule has 0 bridgehead atoms. The molecule has 0 aromatic heterocycles. The van der Waals surface area contributed by atoms with Crippen molar-refractivity contribution in [2.45, 2.75) is 25.8 Å². The van der Waals surface area contributed by atoms with Crippen LogP contribution in [0.1, 0.15) is 31.4 Å². The molecule has 0 spiro atoms. The largest absolute Gasteiger partial charge is 0.309 e. The standard InChI is InChI=1S/C14H16F2N2O2/c1-2-17-11(8-18-12(19)6-7-13(18)20)9-4-3-5-10(15)14(9)16/h3-5,11,17H,2,6-8H2,1H3. The molecule has 1 unspecified atom stereocenters. The Labute approximate surface area is 115 Å². The quantitative estimate of drug-likeness (QED) is 0.837. The van der Waals surface area contributed by atoms with Gasteiger partial charge in [0, 0.05) is 24.9 Å². The molecule has 1 N–H and O–H groups in total. The molecule has 2 rings (SSSR count). The maximum absolute atomic E-state index is 13.8. The van der Waals surface area contributed by atoms with Gasteiger partial charge in [0.05, 0.1) is 6.04 Å². The second-order valence-electron chi connectivity index (χ2n) is 4.65. The van der Waals surface area contributed by atoms with Gasteiger partial charge in [-0.2, -0.15) is 0 Å². The highest BCUT2D eigenvalue weighted by Crippen LogP contribution is 2.23. The van der Waals surface area contributed by atoms with Gasteiger partial charge in [0.2, 0.25) is 11.8 Å². The highest BCUT2D eigenvalue weighted by Gasteiger charge is 2.32. The summed E-state index contributed by atoms with van der Waals surface area (Å²) < 4.78 is 27.1. The van der Waals surface area contributed by atoms with E-state index in [1.807, 2.05) is 6.92 Å². The van der Waals surface area contributed by atoms with Crippen molar-refractivity contribution in [3.8, 4) is 0 Å². The number of halogens is 2.